The van der Waals surface area contributed by atoms with Crippen molar-refractivity contribution in [1.29, 1.82) is 0 Å². The minimum atomic E-state index is -1.74. The summed E-state index contributed by atoms with van der Waals surface area (Å²) >= 11 is 0. The van der Waals surface area contributed by atoms with Gasteiger partial charge >= 0.3 is 23.9 Å². The summed E-state index contributed by atoms with van der Waals surface area (Å²) in [6, 6.07) is 41.3. The zero-order valence-electron chi connectivity index (χ0n) is 33.9. The molecule has 0 amide bonds. The second-order valence-electron chi connectivity index (χ2n) is 14.8. The maximum absolute atomic E-state index is 14.1. The van der Waals surface area contributed by atoms with Crippen molar-refractivity contribution in [3.63, 3.8) is 0 Å². The summed E-state index contributed by atoms with van der Waals surface area (Å²) in [4.78, 5) is 55.5. The number of hydrogen-bond acceptors (Lipinski definition) is 15. The molecular weight excluding hydrogens is 817 g/mol. The molecule has 1 unspecified atom stereocenters. The number of aliphatic hydroxyl groups is 1. The first kappa shape index (κ1) is 43.4. The molecule has 3 fully saturated rings. The fourth-order valence-corrected chi connectivity index (χ4v) is 7.48. The zero-order chi connectivity index (χ0) is 43.7. The molecule has 15 heteroatoms. The predicted molar refractivity (Wildman–Crippen MR) is 219 cm³/mol. The Morgan fingerprint density at radius 2 is 1.00 bits per heavy atom. The van der Waals surface area contributed by atoms with Crippen molar-refractivity contribution in [3.8, 4) is 0 Å². The maximum Gasteiger partial charge on any atom is 0.338 e. The largest absolute Gasteiger partial charge is 0.459 e. The molecule has 8 rings (SSSR count). The van der Waals surface area contributed by atoms with Gasteiger partial charge in [0, 0.05) is 12.7 Å². The van der Waals surface area contributed by atoms with Gasteiger partial charge in [0.2, 0.25) is 0 Å². The van der Waals surface area contributed by atoms with Crippen molar-refractivity contribution < 1.29 is 71.7 Å². The first-order valence-corrected chi connectivity index (χ1v) is 20.3. The van der Waals surface area contributed by atoms with Crippen LogP contribution in [-0.4, -0.2) is 111 Å². The number of carbonyl (C=O) groups is 4. The van der Waals surface area contributed by atoms with Gasteiger partial charge in [-0.3, -0.25) is 0 Å². The third-order valence-corrected chi connectivity index (χ3v) is 10.6. The highest BCUT2D eigenvalue weighted by atomic mass is 16.8. The van der Waals surface area contributed by atoms with Crippen molar-refractivity contribution in [2.24, 2.45) is 0 Å². The average Bonchev–Trinajstić information content (AvgIpc) is 3.34. The van der Waals surface area contributed by atoms with Gasteiger partial charge in [0.1, 0.15) is 37.1 Å². The minimum absolute atomic E-state index is 0.00149. The van der Waals surface area contributed by atoms with Crippen LogP contribution < -0.4 is 0 Å². The first-order chi connectivity index (χ1) is 30.8. The summed E-state index contributed by atoms with van der Waals surface area (Å²) < 4.78 is 61.6. The maximum atomic E-state index is 14.1. The number of hydrogen-bond donors (Lipinski definition) is 1. The molecule has 0 bridgehead atoms. The van der Waals surface area contributed by atoms with Crippen LogP contribution in [-0.2, 0) is 47.4 Å². The molecule has 326 valence electrons. The van der Waals surface area contributed by atoms with Crippen LogP contribution in [0.15, 0.2) is 152 Å². The van der Waals surface area contributed by atoms with Gasteiger partial charge in [0.15, 0.2) is 37.2 Å². The van der Waals surface area contributed by atoms with Crippen molar-refractivity contribution in [2.75, 3.05) is 20.3 Å². The van der Waals surface area contributed by atoms with Crippen molar-refractivity contribution >= 4 is 23.9 Å². The third kappa shape index (κ3) is 10.2. The lowest BCUT2D eigenvalue weighted by atomic mass is 9.95. The molecule has 3 aliphatic rings. The van der Waals surface area contributed by atoms with E-state index in [1.807, 2.05) is 30.3 Å². The van der Waals surface area contributed by atoms with Crippen LogP contribution in [0.25, 0.3) is 0 Å². The van der Waals surface area contributed by atoms with E-state index in [0.29, 0.717) is 5.56 Å². The van der Waals surface area contributed by atoms with Gasteiger partial charge in [0.25, 0.3) is 0 Å². The number of carbonyl (C=O) groups excluding carboxylic acids is 4. The van der Waals surface area contributed by atoms with Gasteiger partial charge in [-0.1, -0.05) is 103 Å². The molecule has 3 aliphatic heterocycles. The molecule has 0 aromatic heterocycles. The average molecular weight is 861 g/mol. The van der Waals surface area contributed by atoms with Gasteiger partial charge in [-0.05, 0) is 48.5 Å². The minimum Gasteiger partial charge on any atom is -0.459 e. The lowest BCUT2D eigenvalue weighted by Crippen LogP contribution is -2.67. The number of rotatable bonds is 13. The van der Waals surface area contributed by atoms with E-state index in [4.69, 9.17) is 47.4 Å². The van der Waals surface area contributed by atoms with Crippen LogP contribution in [0.3, 0.4) is 0 Å². The van der Waals surface area contributed by atoms with Crippen molar-refractivity contribution in [3.05, 3.63) is 179 Å². The van der Waals surface area contributed by atoms with Crippen LogP contribution in [0.4, 0.5) is 0 Å². The lowest BCUT2D eigenvalue weighted by molar-refractivity contribution is -0.389. The summed E-state index contributed by atoms with van der Waals surface area (Å²) in [6.45, 7) is -0.579. The lowest BCUT2D eigenvalue weighted by Gasteiger charge is -2.50. The Balaban J connectivity index is 1.21. The zero-order valence-corrected chi connectivity index (χ0v) is 33.9. The summed E-state index contributed by atoms with van der Waals surface area (Å²) in [6.07, 6.45) is -15.2. The SMILES string of the molecule is CO[C@H]1O[C@@H]2COC(c3ccccc3)O[C@H]2[C@H](O[C@@H]2O[C@H](COC(=O)c3ccccc3)[C@@H](OC(=O)c3ccccc3)[C@H](OC(=O)c3ccccc3)[C@H]2OC(=O)c2ccccc2)[C@H]1O. The molecule has 5 aromatic carbocycles. The summed E-state index contributed by atoms with van der Waals surface area (Å²) in [5.74, 6) is -3.36. The molecular formula is C48H44O15. The van der Waals surface area contributed by atoms with Crippen LogP contribution in [0.5, 0.6) is 0 Å². The van der Waals surface area contributed by atoms with E-state index in [2.05, 4.69) is 0 Å². The fourth-order valence-electron chi connectivity index (χ4n) is 7.48. The molecule has 3 heterocycles. The van der Waals surface area contributed by atoms with Gasteiger partial charge in [0.05, 0.1) is 28.9 Å². The summed E-state index contributed by atoms with van der Waals surface area (Å²) in [5, 5.41) is 11.8. The molecule has 1 N–H and O–H groups in total. The van der Waals surface area contributed by atoms with Crippen LogP contribution in [0, 0.1) is 0 Å². The smallest absolute Gasteiger partial charge is 0.338 e. The Hall–Kier alpha value is -6.30. The van der Waals surface area contributed by atoms with Gasteiger partial charge < -0.3 is 52.5 Å². The van der Waals surface area contributed by atoms with Crippen molar-refractivity contribution in [2.45, 2.75) is 67.7 Å². The molecule has 0 spiro atoms. The van der Waals surface area contributed by atoms with E-state index in [1.54, 1.807) is 84.9 Å². The summed E-state index contributed by atoms with van der Waals surface area (Å²) in [5.41, 5.74) is 1.26. The molecule has 5 aromatic rings. The van der Waals surface area contributed by atoms with E-state index in [1.165, 1.54) is 43.5 Å². The monoisotopic (exact) mass is 860 g/mol. The number of methoxy groups -OCH3 is 1. The Labute approximate surface area is 362 Å². The number of benzene rings is 5. The van der Waals surface area contributed by atoms with Crippen LogP contribution in [0.2, 0.25) is 0 Å². The Morgan fingerprint density at radius 3 is 1.51 bits per heavy atom. The van der Waals surface area contributed by atoms with E-state index >= 15 is 0 Å². The quantitative estimate of drug-likeness (QED) is 0.116. The molecule has 11 atom stereocenters. The molecule has 15 nitrogen and oxygen atoms in total. The van der Waals surface area contributed by atoms with Crippen LogP contribution in [0.1, 0.15) is 53.3 Å². The highest BCUT2D eigenvalue weighted by Gasteiger charge is 2.57. The number of aliphatic hydroxyl groups excluding tert-OH is 1. The number of esters is 4. The molecule has 0 saturated carbocycles. The Bertz CT molecular complexity index is 2280. The third-order valence-electron chi connectivity index (χ3n) is 10.6. The summed E-state index contributed by atoms with van der Waals surface area (Å²) in [7, 11) is 1.34. The Morgan fingerprint density at radius 1 is 0.540 bits per heavy atom. The van der Waals surface area contributed by atoms with Gasteiger partial charge in [-0.2, -0.15) is 0 Å². The molecule has 0 aliphatic carbocycles. The second-order valence-corrected chi connectivity index (χ2v) is 14.8. The topological polar surface area (TPSA) is 181 Å². The molecule has 3 saturated heterocycles. The van der Waals surface area contributed by atoms with E-state index in [9.17, 15) is 24.3 Å². The van der Waals surface area contributed by atoms with E-state index < -0.39 is 98.2 Å². The predicted octanol–water partition coefficient (Wildman–Crippen LogP) is 5.48. The second kappa shape index (κ2) is 20.3. The number of ether oxygens (including phenoxy) is 10. The number of fused-ring (bicyclic) bond motifs is 1. The standard InChI is InChI=1S/C48H44O15/c1-54-47-36(49)39(37-35(57-47)28-56-46(62-37)33-25-15-6-16-26-33)63-48-41(61-45(53)32-23-13-5-14-24-32)40(60-44(52)31-21-11-4-12-22-31)38(59-43(51)30-19-9-3-10-20-30)34(58-48)27-55-42(50)29-17-7-2-8-18-29/h2-26,34-41,46-49H,27-28H2,1H3/t34-,35-,36-,37-,38-,39-,40+,41-,46?,47+,48+/m1/s1. The highest BCUT2D eigenvalue weighted by Crippen LogP contribution is 2.39. The normalized spacial score (nSPS) is 27.8. The van der Waals surface area contributed by atoms with Crippen LogP contribution >= 0.6 is 0 Å². The van der Waals surface area contributed by atoms with E-state index in [0.717, 1.165) is 0 Å². The molecule has 63 heavy (non-hydrogen) atoms. The molecule has 0 radical (unpaired) electrons. The highest BCUT2D eigenvalue weighted by molar-refractivity contribution is 5.91. The Kier molecular flexibility index (Phi) is 13.9. The van der Waals surface area contributed by atoms with Gasteiger partial charge in [-0.15, -0.1) is 0 Å². The van der Waals surface area contributed by atoms with Crippen molar-refractivity contribution in [1.82, 2.24) is 0 Å². The first-order valence-electron chi connectivity index (χ1n) is 20.3. The van der Waals surface area contributed by atoms with E-state index in [-0.39, 0.29) is 28.9 Å². The fraction of sp³-hybridized carbons (Fsp3) is 0.292. The van der Waals surface area contributed by atoms with Gasteiger partial charge in [-0.25, -0.2) is 19.2 Å².